The quantitative estimate of drug-likeness (QED) is 0.622. The van der Waals surface area contributed by atoms with Crippen LogP contribution in [0, 0.1) is 13.8 Å². The topological polar surface area (TPSA) is 35.5 Å². The predicted octanol–water partition coefficient (Wildman–Crippen LogP) is 3.53. The number of methoxy groups -OCH3 is 1. The fourth-order valence-corrected chi connectivity index (χ4v) is 1.73. The minimum atomic E-state index is -0.382. The van der Waals surface area contributed by atoms with Gasteiger partial charge in [0.05, 0.1) is 12.7 Å². The number of esters is 1. The standard InChI is InChI=1S/C16H16O3/c1-11-7-8-12(2)15(9-11)19-16(17)13-5-4-6-14(10-13)18-3/h4-10H,1-3H3. The van der Waals surface area contributed by atoms with Crippen molar-refractivity contribution in [2.45, 2.75) is 13.8 Å². The third kappa shape index (κ3) is 3.13. The number of benzene rings is 2. The smallest absolute Gasteiger partial charge is 0.343 e. The molecular formula is C16H16O3. The molecule has 0 radical (unpaired) electrons. The second kappa shape index (κ2) is 5.57. The highest BCUT2D eigenvalue weighted by Crippen LogP contribution is 2.21. The fourth-order valence-electron chi connectivity index (χ4n) is 1.73. The van der Waals surface area contributed by atoms with Crippen LogP contribution in [-0.2, 0) is 0 Å². The van der Waals surface area contributed by atoms with E-state index in [1.165, 1.54) is 0 Å². The van der Waals surface area contributed by atoms with Gasteiger partial charge in [0.15, 0.2) is 0 Å². The Hall–Kier alpha value is -2.29. The molecule has 2 rings (SSSR count). The van der Waals surface area contributed by atoms with Crippen LogP contribution in [0.5, 0.6) is 11.5 Å². The zero-order valence-electron chi connectivity index (χ0n) is 11.3. The molecule has 0 unspecified atom stereocenters. The number of carbonyl (C=O) groups is 1. The summed E-state index contributed by atoms with van der Waals surface area (Å²) >= 11 is 0. The van der Waals surface area contributed by atoms with Gasteiger partial charge in [-0.2, -0.15) is 0 Å². The third-order valence-electron chi connectivity index (χ3n) is 2.85. The van der Waals surface area contributed by atoms with Crippen molar-refractivity contribution < 1.29 is 14.3 Å². The molecule has 0 aliphatic rings. The number of hydrogen-bond donors (Lipinski definition) is 0. The molecule has 0 fully saturated rings. The van der Waals surface area contributed by atoms with Gasteiger partial charge in [-0.25, -0.2) is 4.79 Å². The Balaban J connectivity index is 2.22. The van der Waals surface area contributed by atoms with E-state index in [2.05, 4.69) is 0 Å². The summed E-state index contributed by atoms with van der Waals surface area (Å²) in [6, 6.07) is 12.7. The zero-order valence-corrected chi connectivity index (χ0v) is 11.3. The van der Waals surface area contributed by atoms with Crippen molar-refractivity contribution in [1.82, 2.24) is 0 Å². The van der Waals surface area contributed by atoms with Crippen LogP contribution in [0.15, 0.2) is 42.5 Å². The van der Waals surface area contributed by atoms with Crippen molar-refractivity contribution in [3.05, 3.63) is 59.2 Å². The van der Waals surface area contributed by atoms with Gasteiger partial charge in [-0.3, -0.25) is 0 Å². The predicted molar refractivity (Wildman–Crippen MR) is 73.9 cm³/mol. The van der Waals surface area contributed by atoms with Gasteiger partial charge in [-0.1, -0.05) is 18.2 Å². The maximum atomic E-state index is 12.1. The molecule has 3 nitrogen and oxygen atoms in total. The van der Waals surface area contributed by atoms with Gasteiger partial charge in [0.2, 0.25) is 0 Å². The summed E-state index contributed by atoms with van der Waals surface area (Å²) in [5, 5.41) is 0. The molecule has 0 spiro atoms. The van der Waals surface area contributed by atoms with E-state index in [1.807, 2.05) is 32.0 Å². The first kappa shape index (κ1) is 13.1. The highest BCUT2D eigenvalue weighted by atomic mass is 16.5. The lowest BCUT2D eigenvalue weighted by Gasteiger charge is -2.09. The maximum Gasteiger partial charge on any atom is 0.343 e. The van der Waals surface area contributed by atoms with Gasteiger partial charge in [-0.15, -0.1) is 0 Å². The van der Waals surface area contributed by atoms with Gasteiger partial charge in [0.25, 0.3) is 0 Å². The van der Waals surface area contributed by atoms with E-state index in [0.717, 1.165) is 11.1 Å². The Morgan fingerprint density at radius 3 is 2.58 bits per heavy atom. The minimum Gasteiger partial charge on any atom is -0.497 e. The first-order chi connectivity index (χ1) is 9.10. The van der Waals surface area contributed by atoms with Crippen molar-refractivity contribution in [3.8, 4) is 11.5 Å². The average Bonchev–Trinajstić information content (AvgIpc) is 2.43. The van der Waals surface area contributed by atoms with Crippen molar-refractivity contribution in [1.29, 1.82) is 0 Å². The third-order valence-corrected chi connectivity index (χ3v) is 2.85. The normalized spacial score (nSPS) is 10.1. The van der Waals surface area contributed by atoms with Crippen LogP contribution < -0.4 is 9.47 Å². The monoisotopic (exact) mass is 256 g/mol. The summed E-state index contributed by atoms with van der Waals surface area (Å²) in [7, 11) is 1.56. The minimum absolute atomic E-state index is 0.382. The van der Waals surface area contributed by atoms with Crippen LogP contribution in [0.25, 0.3) is 0 Å². The molecule has 0 N–H and O–H groups in total. The molecule has 2 aromatic carbocycles. The van der Waals surface area contributed by atoms with Crippen LogP contribution in [0.2, 0.25) is 0 Å². The van der Waals surface area contributed by atoms with E-state index in [0.29, 0.717) is 17.1 Å². The first-order valence-electron chi connectivity index (χ1n) is 6.03. The molecule has 0 heterocycles. The van der Waals surface area contributed by atoms with Crippen molar-refractivity contribution in [2.24, 2.45) is 0 Å². The maximum absolute atomic E-state index is 12.1. The van der Waals surface area contributed by atoms with Gasteiger partial charge in [0, 0.05) is 0 Å². The Morgan fingerprint density at radius 1 is 1.05 bits per heavy atom. The van der Waals surface area contributed by atoms with E-state index in [4.69, 9.17) is 9.47 Å². The number of hydrogen-bond acceptors (Lipinski definition) is 3. The van der Waals surface area contributed by atoms with E-state index in [-0.39, 0.29) is 5.97 Å². The summed E-state index contributed by atoms with van der Waals surface area (Å²) < 4.78 is 10.5. The molecule has 0 aliphatic carbocycles. The lowest BCUT2D eigenvalue weighted by molar-refractivity contribution is 0.0733. The Kier molecular flexibility index (Phi) is 3.85. The Labute approximate surface area is 112 Å². The SMILES string of the molecule is COc1cccc(C(=O)Oc2cc(C)ccc2C)c1. The van der Waals surface area contributed by atoms with Gasteiger partial charge >= 0.3 is 5.97 Å². The number of aryl methyl sites for hydroxylation is 2. The van der Waals surface area contributed by atoms with Crippen LogP contribution in [0.3, 0.4) is 0 Å². The van der Waals surface area contributed by atoms with Crippen LogP contribution >= 0.6 is 0 Å². The molecule has 2 aromatic rings. The van der Waals surface area contributed by atoms with E-state index in [9.17, 15) is 4.79 Å². The number of ether oxygens (including phenoxy) is 2. The van der Waals surface area contributed by atoms with Gasteiger partial charge in [0.1, 0.15) is 11.5 Å². The molecule has 0 aromatic heterocycles. The van der Waals surface area contributed by atoms with Crippen molar-refractivity contribution >= 4 is 5.97 Å². The van der Waals surface area contributed by atoms with Crippen LogP contribution in [-0.4, -0.2) is 13.1 Å². The lowest BCUT2D eigenvalue weighted by atomic mass is 10.1. The molecule has 0 aliphatic heterocycles. The molecule has 0 atom stereocenters. The molecule has 19 heavy (non-hydrogen) atoms. The van der Waals surface area contributed by atoms with E-state index in [1.54, 1.807) is 31.4 Å². The van der Waals surface area contributed by atoms with Crippen LogP contribution in [0.1, 0.15) is 21.5 Å². The zero-order chi connectivity index (χ0) is 13.8. The van der Waals surface area contributed by atoms with Gasteiger partial charge in [-0.05, 0) is 49.2 Å². The molecule has 3 heteroatoms. The highest BCUT2D eigenvalue weighted by Gasteiger charge is 2.11. The molecule has 98 valence electrons. The highest BCUT2D eigenvalue weighted by molar-refractivity contribution is 5.91. The summed E-state index contributed by atoms with van der Waals surface area (Å²) in [5.74, 6) is 0.843. The Bertz CT molecular complexity index is 603. The fraction of sp³-hybridized carbons (Fsp3) is 0.188. The molecule has 0 bridgehead atoms. The van der Waals surface area contributed by atoms with E-state index < -0.39 is 0 Å². The van der Waals surface area contributed by atoms with Crippen LogP contribution in [0.4, 0.5) is 0 Å². The first-order valence-corrected chi connectivity index (χ1v) is 6.03. The summed E-state index contributed by atoms with van der Waals surface area (Å²) in [4.78, 5) is 12.1. The molecular weight excluding hydrogens is 240 g/mol. The second-order valence-electron chi connectivity index (χ2n) is 4.39. The van der Waals surface area contributed by atoms with Crippen molar-refractivity contribution in [3.63, 3.8) is 0 Å². The molecule has 0 saturated heterocycles. The number of carbonyl (C=O) groups excluding carboxylic acids is 1. The van der Waals surface area contributed by atoms with Crippen molar-refractivity contribution in [2.75, 3.05) is 7.11 Å². The summed E-state index contributed by atoms with van der Waals surface area (Å²) in [6.07, 6.45) is 0. The summed E-state index contributed by atoms with van der Waals surface area (Å²) in [6.45, 7) is 3.87. The second-order valence-corrected chi connectivity index (χ2v) is 4.39. The average molecular weight is 256 g/mol. The van der Waals surface area contributed by atoms with Gasteiger partial charge < -0.3 is 9.47 Å². The largest absolute Gasteiger partial charge is 0.497 e. The molecule has 0 saturated carbocycles. The summed E-state index contributed by atoms with van der Waals surface area (Å²) in [5.41, 5.74) is 2.46. The van der Waals surface area contributed by atoms with E-state index >= 15 is 0 Å². The lowest BCUT2D eigenvalue weighted by Crippen LogP contribution is -2.09. The molecule has 0 amide bonds. The number of rotatable bonds is 3. The Morgan fingerprint density at radius 2 is 1.84 bits per heavy atom.